The summed E-state index contributed by atoms with van der Waals surface area (Å²) in [6.07, 6.45) is 1.80. The van der Waals surface area contributed by atoms with Gasteiger partial charge in [-0.3, -0.25) is 14.5 Å². The maximum Gasteiger partial charge on any atom is 0.255 e. The lowest BCUT2D eigenvalue weighted by Gasteiger charge is -2.43. The number of hydrazine groups is 1. The first kappa shape index (κ1) is 16.8. The third kappa shape index (κ3) is 3.35. The molecule has 0 radical (unpaired) electrons. The fourth-order valence-electron chi connectivity index (χ4n) is 3.92. The maximum absolute atomic E-state index is 13.1. The lowest BCUT2D eigenvalue weighted by atomic mass is 9.99. The van der Waals surface area contributed by atoms with Crippen molar-refractivity contribution in [1.82, 2.24) is 14.9 Å². The van der Waals surface area contributed by atoms with Crippen LogP contribution in [0.5, 0.6) is 0 Å². The molecule has 2 aromatic carbocycles. The molecule has 5 nitrogen and oxygen atoms in total. The van der Waals surface area contributed by atoms with Crippen LogP contribution in [0, 0.1) is 0 Å². The molecular weight excluding hydrogens is 326 g/mol. The van der Waals surface area contributed by atoms with Gasteiger partial charge in [0.1, 0.15) is 0 Å². The van der Waals surface area contributed by atoms with Gasteiger partial charge in [-0.25, -0.2) is 10.0 Å². The molecule has 2 amide bonds. The summed E-state index contributed by atoms with van der Waals surface area (Å²) in [6, 6.07) is 20.0. The Balaban J connectivity index is 1.59. The molecule has 0 N–H and O–H groups in total. The monoisotopic (exact) mass is 349 g/mol. The summed E-state index contributed by atoms with van der Waals surface area (Å²) in [5.74, 6) is 0.00717. The molecule has 5 heteroatoms. The number of carbonyl (C=O) groups is 2. The highest BCUT2D eigenvalue weighted by Gasteiger charge is 2.39. The van der Waals surface area contributed by atoms with E-state index in [-0.39, 0.29) is 30.9 Å². The zero-order chi connectivity index (χ0) is 17.9. The Morgan fingerprint density at radius 3 is 2.23 bits per heavy atom. The Kier molecular flexibility index (Phi) is 4.71. The second kappa shape index (κ2) is 7.30. The van der Waals surface area contributed by atoms with Crippen molar-refractivity contribution in [3.63, 3.8) is 0 Å². The number of hydrogen-bond acceptors (Lipinski definition) is 3. The lowest BCUT2D eigenvalue weighted by Crippen LogP contribution is -2.54. The maximum atomic E-state index is 13.1. The van der Waals surface area contributed by atoms with Gasteiger partial charge in [0.2, 0.25) is 0 Å². The number of benzene rings is 2. The summed E-state index contributed by atoms with van der Waals surface area (Å²) in [5.41, 5.74) is 2.21. The van der Waals surface area contributed by atoms with Gasteiger partial charge < -0.3 is 0 Å². The van der Waals surface area contributed by atoms with Gasteiger partial charge in [0.05, 0.1) is 19.1 Å². The molecule has 0 saturated carbocycles. The molecule has 2 heterocycles. The van der Waals surface area contributed by atoms with Crippen LogP contribution in [-0.4, -0.2) is 46.4 Å². The van der Waals surface area contributed by atoms with E-state index in [1.165, 1.54) is 0 Å². The van der Waals surface area contributed by atoms with Crippen molar-refractivity contribution in [2.45, 2.75) is 25.4 Å². The number of carbonyl (C=O) groups excluding carboxylic acids is 2. The van der Waals surface area contributed by atoms with Gasteiger partial charge >= 0.3 is 0 Å². The van der Waals surface area contributed by atoms with Gasteiger partial charge in [0, 0.05) is 13.1 Å². The van der Waals surface area contributed by atoms with E-state index in [1.54, 1.807) is 10.0 Å². The van der Waals surface area contributed by atoms with Crippen molar-refractivity contribution in [2.75, 3.05) is 19.6 Å². The Labute approximate surface area is 153 Å². The summed E-state index contributed by atoms with van der Waals surface area (Å²) in [7, 11) is 0. The molecule has 4 rings (SSSR count). The average molecular weight is 349 g/mol. The van der Waals surface area contributed by atoms with Crippen LogP contribution in [-0.2, 0) is 16.1 Å². The van der Waals surface area contributed by atoms with Crippen LogP contribution in [0.25, 0.3) is 0 Å². The molecule has 0 unspecified atom stereocenters. The van der Waals surface area contributed by atoms with Gasteiger partial charge in [-0.05, 0) is 24.0 Å². The standard InChI is InChI=1S/C21H23N3O2/c25-20-15-22(14-17-8-3-1-4-9-17)16-21(26)24-19(12-7-13-23(20)24)18-10-5-2-6-11-18/h1-6,8-11,19H,7,12-16H2/t19-/m0/s1. The number of nitrogens with zero attached hydrogens (tertiary/aromatic N) is 3. The number of rotatable bonds is 3. The van der Waals surface area contributed by atoms with Crippen LogP contribution in [0.4, 0.5) is 0 Å². The molecule has 2 aliphatic heterocycles. The third-order valence-electron chi connectivity index (χ3n) is 5.10. The molecule has 2 fully saturated rings. The van der Waals surface area contributed by atoms with Gasteiger partial charge in [-0.2, -0.15) is 0 Å². The lowest BCUT2D eigenvalue weighted by molar-refractivity contribution is -0.171. The molecule has 1 atom stereocenters. The van der Waals surface area contributed by atoms with Gasteiger partial charge in [-0.15, -0.1) is 0 Å². The van der Waals surface area contributed by atoms with Crippen LogP contribution in [0.1, 0.15) is 30.0 Å². The van der Waals surface area contributed by atoms with E-state index < -0.39 is 0 Å². The topological polar surface area (TPSA) is 43.9 Å². The van der Waals surface area contributed by atoms with E-state index in [0.717, 1.165) is 24.0 Å². The van der Waals surface area contributed by atoms with E-state index in [4.69, 9.17) is 0 Å². The molecule has 0 bridgehead atoms. The molecule has 2 aliphatic rings. The largest absolute Gasteiger partial charge is 0.281 e. The number of amides is 2. The van der Waals surface area contributed by atoms with Crippen molar-refractivity contribution in [1.29, 1.82) is 0 Å². The van der Waals surface area contributed by atoms with Crippen LogP contribution in [0.3, 0.4) is 0 Å². The Bertz CT molecular complexity index is 778. The fourth-order valence-corrected chi connectivity index (χ4v) is 3.92. The zero-order valence-corrected chi connectivity index (χ0v) is 14.8. The van der Waals surface area contributed by atoms with Gasteiger partial charge in [-0.1, -0.05) is 60.7 Å². The minimum Gasteiger partial charge on any atom is -0.281 e. The quantitative estimate of drug-likeness (QED) is 0.856. The normalized spacial score (nSPS) is 21.5. The predicted molar refractivity (Wildman–Crippen MR) is 98.7 cm³/mol. The molecular formula is C21H23N3O2. The third-order valence-corrected chi connectivity index (χ3v) is 5.10. The van der Waals surface area contributed by atoms with Gasteiger partial charge in [0.25, 0.3) is 11.8 Å². The first-order valence-electron chi connectivity index (χ1n) is 9.16. The minimum absolute atomic E-state index is 0.000309. The van der Waals surface area contributed by atoms with Crippen molar-refractivity contribution < 1.29 is 9.59 Å². The Morgan fingerprint density at radius 1 is 0.846 bits per heavy atom. The Hall–Kier alpha value is -2.66. The minimum atomic E-state index is -0.0573. The summed E-state index contributed by atoms with van der Waals surface area (Å²) in [6.45, 7) is 1.77. The van der Waals surface area contributed by atoms with Crippen molar-refractivity contribution in [3.05, 3.63) is 71.8 Å². The highest BCUT2D eigenvalue weighted by Crippen LogP contribution is 2.33. The first-order valence-corrected chi connectivity index (χ1v) is 9.16. The van der Waals surface area contributed by atoms with Crippen LogP contribution >= 0.6 is 0 Å². The molecule has 26 heavy (non-hydrogen) atoms. The zero-order valence-electron chi connectivity index (χ0n) is 14.8. The van der Waals surface area contributed by atoms with Crippen molar-refractivity contribution in [3.8, 4) is 0 Å². The van der Waals surface area contributed by atoms with E-state index in [9.17, 15) is 9.59 Å². The van der Waals surface area contributed by atoms with E-state index in [1.807, 2.05) is 65.6 Å². The summed E-state index contributed by atoms with van der Waals surface area (Å²) >= 11 is 0. The van der Waals surface area contributed by atoms with E-state index in [0.29, 0.717) is 13.1 Å². The van der Waals surface area contributed by atoms with E-state index in [2.05, 4.69) is 0 Å². The average Bonchev–Trinajstić information content (AvgIpc) is 2.80. The van der Waals surface area contributed by atoms with Crippen LogP contribution < -0.4 is 0 Å². The highest BCUT2D eigenvalue weighted by molar-refractivity contribution is 5.87. The van der Waals surface area contributed by atoms with Crippen LogP contribution in [0.15, 0.2) is 60.7 Å². The molecule has 134 valence electrons. The SMILES string of the molecule is O=C1CN(Cc2ccccc2)CC(=O)N2[C@H](c3ccccc3)CCCN12. The second-order valence-corrected chi connectivity index (χ2v) is 6.95. The first-order chi connectivity index (χ1) is 12.7. The van der Waals surface area contributed by atoms with Crippen molar-refractivity contribution >= 4 is 11.8 Å². The summed E-state index contributed by atoms with van der Waals surface area (Å²) in [5, 5.41) is 3.39. The summed E-state index contributed by atoms with van der Waals surface area (Å²) < 4.78 is 0. The Morgan fingerprint density at radius 2 is 1.50 bits per heavy atom. The number of hydrogen-bond donors (Lipinski definition) is 0. The molecule has 2 aromatic rings. The smallest absolute Gasteiger partial charge is 0.255 e. The van der Waals surface area contributed by atoms with Crippen LogP contribution in [0.2, 0.25) is 0 Å². The second-order valence-electron chi connectivity index (χ2n) is 6.95. The fraction of sp³-hybridized carbons (Fsp3) is 0.333. The molecule has 2 saturated heterocycles. The van der Waals surface area contributed by atoms with E-state index >= 15 is 0 Å². The molecule has 0 spiro atoms. The summed E-state index contributed by atoms with van der Waals surface area (Å²) in [4.78, 5) is 27.9. The highest BCUT2D eigenvalue weighted by atomic mass is 16.2. The molecule has 0 aliphatic carbocycles. The predicted octanol–water partition coefficient (Wildman–Crippen LogP) is 2.61. The van der Waals surface area contributed by atoms with Gasteiger partial charge in [0.15, 0.2) is 0 Å². The number of fused-ring (bicyclic) bond motifs is 1. The molecule has 0 aromatic heterocycles. The van der Waals surface area contributed by atoms with Crippen molar-refractivity contribution in [2.24, 2.45) is 0 Å².